The summed E-state index contributed by atoms with van der Waals surface area (Å²) >= 11 is 3.29. The quantitative estimate of drug-likeness (QED) is 0.853. The van der Waals surface area contributed by atoms with E-state index in [1.165, 1.54) is 22.8 Å². The minimum atomic E-state index is -0.178. The number of nitrogens with one attached hydrogen (secondary N) is 1. The van der Waals surface area contributed by atoms with Gasteiger partial charge in [0, 0.05) is 16.1 Å². The first-order chi connectivity index (χ1) is 9.49. The predicted molar refractivity (Wildman–Crippen MR) is 85.5 cm³/mol. The van der Waals surface area contributed by atoms with Crippen molar-refractivity contribution < 1.29 is 4.39 Å². The Morgan fingerprint density at radius 1 is 1.10 bits per heavy atom. The lowest BCUT2D eigenvalue weighted by molar-refractivity contribution is 0.533. The average molecular weight is 336 g/mol. The molecule has 0 saturated heterocycles. The average Bonchev–Trinajstić information content (AvgIpc) is 2.35. The number of benzene rings is 2. The van der Waals surface area contributed by atoms with Gasteiger partial charge in [-0.25, -0.2) is 4.39 Å². The van der Waals surface area contributed by atoms with Gasteiger partial charge in [0.15, 0.2) is 0 Å². The second-order valence-electron chi connectivity index (χ2n) is 5.21. The first-order valence-corrected chi connectivity index (χ1v) is 7.48. The predicted octanol–water partition coefficient (Wildman–Crippen LogP) is 4.71. The van der Waals surface area contributed by atoms with Crippen LogP contribution in [-0.2, 0) is 6.42 Å². The monoisotopic (exact) mass is 335 g/mol. The molecule has 1 nitrogen and oxygen atoms in total. The summed E-state index contributed by atoms with van der Waals surface area (Å²) in [7, 11) is 1.87. The van der Waals surface area contributed by atoms with E-state index >= 15 is 0 Å². The van der Waals surface area contributed by atoms with Crippen LogP contribution < -0.4 is 5.32 Å². The molecule has 1 unspecified atom stereocenters. The third-order valence-electron chi connectivity index (χ3n) is 3.41. The van der Waals surface area contributed by atoms with E-state index < -0.39 is 0 Å². The molecule has 0 saturated carbocycles. The molecule has 1 N–H and O–H groups in total. The van der Waals surface area contributed by atoms with Crippen LogP contribution in [0.1, 0.15) is 28.3 Å². The first kappa shape index (κ1) is 15.2. The van der Waals surface area contributed by atoms with Gasteiger partial charge in [-0.3, -0.25) is 0 Å². The summed E-state index contributed by atoms with van der Waals surface area (Å²) in [5.74, 6) is -0.178. The highest BCUT2D eigenvalue weighted by Gasteiger charge is 2.15. The molecule has 0 radical (unpaired) electrons. The Morgan fingerprint density at radius 3 is 2.30 bits per heavy atom. The van der Waals surface area contributed by atoms with Crippen molar-refractivity contribution in [3.05, 3.63) is 68.9 Å². The van der Waals surface area contributed by atoms with Crippen molar-refractivity contribution >= 4 is 15.9 Å². The smallest absolute Gasteiger partial charge is 0.129 e. The van der Waals surface area contributed by atoms with Crippen LogP contribution in [0.5, 0.6) is 0 Å². The van der Waals surface area contributed by atoms with Crippen molar-refractivity contribution in [3.63, 3.8) is 0 Å². The maximum absolute atomic E-state index is 14.1. The van der Waals surface area contributed by atoms with Crippen LogP contribution in [0, 0.1) is 19.7 Å². The molecule has 1 atom stereocenters. The topological polar surface area (TPSA) is 12.0 Å². The highest BCUT2D eigenvalue weighted by atomic mass is 79.9. The molecule has 0 aliphatic rings. The lowest BCUT2D eigenvalue weighted by atomic mass is 9.96. The summed E-state index contributed by atoms with van der Waals surface area (Å²) < 4.78 is 14.8. The van der Waals surface area contributed by atoms with E-state index in [1.807, 2.05) is 19.2 Å². The van der Waals surface area contributed by atoms with Gasteiger partial charge < -0.3 is 5.32 Å². The van der Waals surface area contributed by atoms with Crippen LogP contribution in [0.15, 0.2) is 40.9 Å². The molecule has 0 heterocycles. The van der Waals surface area contributed by atoms with Gasteiger partial charge in [0.1, 0.15) is 5.82 Å². The molecule has 0 amide bonds. The van der Waals surface area contributed by atoms with Gasteiger partial charge in [0.2, 0.25) is 0 Å². The Labute approximate surface area is 128 Å². The molecule has 0 aromatic heterocycles. The van der Waals surface area contributed by atoms with Crippen molar-refractivity contribution in [2.24, 2.45) is 0 Å². The summed E-state index contributed by atoms with van der Waals surface area (Å²) in [4.78, 5) is 0. The summed E-state index contributed by atoms with van der Waals surface area (Å²) in [5, 5.41) is 3.21. The van der Waals surface area contributed by atoms with E-state index in [1.54, 1.807) is 0 Å². The normalized spacial score (nSPS) is 12.4. The number of hydrogen-bond donors (Lipinski definition) is 1. The van der Waals surface area contributed by atoms with E-state index in [9.17, 15) is 4.39 Å². The number of hydrogen-bond acceptors (Lipinski definition) is 1. The zero-order chi connectivity index (χ0) is 14.7. The lowest BCUT2D eigenvalue weighted by Crippen LogP contribution is -2.20. The van der Waals surface area contributed by atoms with Crippen molar-refractivity contribution in [1.82, 2.24) is 5.32 Å². The summed E-state index contributed by atoms with van der Waals surface area (Å²) in [6, 6.07) is 11.7. The second kappa shape index (κ2) is 6.51. The second-order valence-corrected chi connectivity index (χ2v) is 6.12. The Bertz CT molecular complexity index is 590. The van der Waals surface area contributed by atoms with Crippen LogP contribution in [0.3, 0.4) is 0 Å². The molecular weight excluding hydrogens is 317 g/mol. The van der Waals surface area contributed by atoms with E-state index in [2.05, 4.69) is 53.3 Å². The minimum Gasteiger partial charge on any atom is -0.313 e. The van der Waals surface area contributed by atoms with Crippen molar-refractivity contribution in [1.29, 1.82) is 0 Å². The van der Waals surface area contributed by atoms with Crippen LogP contribution in [0.4, 0.5) is 4.39 Å². The SMILES string of the molecule is CNC(Cc1cc(C)cc(C)c1)c1ccc(Br)cc1F. The largest absolute Gasteiger partial charge is 0.313 e. The van der Waals surface area contributed by atoms with Crippen molar-refractivity contribution in [2.45, 2.75) is 26.3 Å². The number of likely N-dealkylation sites (N-methyl/N-ethyl adjacent to an activating group) is 1. The molecule has 2 rings (SSSR count). The van der Waals surface area contributed by atoms with Crippen LogP contribution in [0.25, 0.3) is 0 Å². The standard InChI is InChI=1S/C17H19BrFN/c1-11-6-12(2)8-13(7-11)9-17(20-3)15-5-4-14(18)10-16(15)19/h4-8,10,17,20H,9H2,1-3H3. The number of aryl methyl sites for hydroxylation is 2. The fraction of sp³-hybridized carbons (Fsp3) is 0.294. The van der Waals surface area contributed by atoms with Gasteiger partial charge in [-0.2, -0.15) is 0 Å². The molecule has 0 aliphatic heterocycles. The third kappa shape index (κ3) is 3.68. The van der Waals surface area contributed by atoms with Gasteiger partial charge in [0.05, 0.1) is 0 Å². The van der Waals surface area contributed by atoms with Gasteiger partial charge in [0.25, 0.3) is 0 Å². The highest BCUT2D eigenvalue weighted by molar-refractivity contribution is 9.10. The third-order valence-corrected chi connectivity index (χ3v) is 3.90. The minimum absolute atomic E-state index is 0.0238. The molecule has 0 bridgehead atoms. The van der Waals surface area contributed by atoms with Crippen LogP contribution in [0.2, 0.25) is 0 Å². The highest BCUT2D eigenvalue weighted by Crippen LogP contribution is 2.24. The fourth-order valence-corrected chi connectivity index (χ4v) is 2.91. The van der Waals surface area contributed by atoms with Crippen LogP contribution >= 0.6 is 15.9 Å². The van der Waals surface area contributed by atoms with Gasteiger partial charge in [-0.05, 0) is 45.0 Å². The van der Waals surface area contributed by atoms with Gasteiger partial charge in [-0.15, -0.1) is 0 Å². The summed E-state index contributed by atoms with van der Waals surface area (Å²) in [6.07, 6.45) is 0.775. The van der Waals surface area contributed by atoms with Crippen LogP contribution in [-0.4, -0.2) is 7.05 Å². The molecule has 2 aromatic rings. The Hall–Kier alpha value is -1.19. The van der Waals surface area contributed by atoms with Gasteiger partial charge in [-0.1, -0.05) is 51.3 Å². The molecule has 0 fully saturated rings. The molecule has 0 spiro atoms. The number of halogens is 2. The van der Waals surface area contributed by atoms with Crippen molar-refractivity contribution in [3.8, 4) is 0 Å². The molecular formula is C17H19BrFN. The molecule has 106 valence electrons. The lowest BCUT2D eigenvalue weighted by Gasteiger charge is -2.18. The molecule has 3 heteroatoms. The Balaban J connectivity index is 2.28. The van der Waals surface area contributed by atoms with E-state index in [4.69, 9.17) is 0 Å². The maximum Gasteiger partial charge on any atom is 0.129 e. The van der Waals surface area contributed by atoms with E-state index in [-0.39, 0.29) is 11.9 Å². The maximum atomic E-state index is 14.1. The summed E-state index contributed by atoms with van der Waals surface area (Å²) in [6.45, 7) is 4.18. The van der Waals surface area contributed by atoms with Gasteiger partial charge >= 0.3 is 0 Å². The molecule has 0 aliphatic carbocycles. The Morgan fingerprint density at radius 2 is 1.75 bits per heavy atom. The zero-order valence-electron chi connectivity index (χ0n) is 12.0. The molecule has 2 aromatic carbocycles. The first-order valence-electron chi connectivity index (χ1n) is 6.69. The zero-order valence-corrected chi connectivity index (χ0v) is 13.6. The van der Waals surface area contributed by atoms with E-state index in [0.29, 0.717) is 5.56 Å². The summed E-state index contributed by atoms with van der Waals surface area (Å²) in [5.41, 5.74) is 4.41. The number of rotatable bonds is 4. The Kier molecular flexibility index (Phi) is 4.95. The molecule has 20 heavy (non-hydrogen) atoms. The van der Waals surface area contributed by atoms with E-state index in [0.717, 1.165) is 10.9 Å². The van der Waals surface area contributed by atoms with Crippen molar-refractivity contribution in [2.75, 3.05) is 7.05 Å². The fourth-order valence-electron chi connectivity index (χ4n) is 2.57.